The minimum absolute atomic E-state index is 0.0890. The largest absolute Gasteiger partial charge is 0.469 e. The maximum absolute atomic E-state index is 12.9. The molecule has 0 radical (unpaired) electrons. The first kappa shape index (κ1) is 19.2. The molecule has 1 aliphatic rings. The standard InChI is InChI=1S/C24H26N2O3/c1-29-23(27)13-7-8-15-26-21-12-6-5-11-19(21)20-17-25(16-14-22(20)26)24(28)18-9-3-2-4-10-18/h2-6,9-12H,7-8,13-17H2,1H3. The van der Waals surface area contributed by atoms with E-state index in [9.17, 15) is 9.59 Å². The summed E-state index contributed by atoms with van der Waals surface area (Å²) in [6, 6.07) is 17.9. The smallest absolute Gasteiger partial charge is 0.305 e. The number of fused-ring (bicyclic) bond motifs is 3. The van der Waals surface area contributed by atoms with Gasteiger partial charge in [0.15, 0.2) is 0 Å². The number of hydrogen-bond acceptors (Lipinski definition) is 3. The molecule has 2 heterocycles. The van der Waals surface area contributed by atoms with Gasteiger partial charge in [0, 0.05) is 60.2 Å². The molecule has 0 saturated heterocycles. The van der Waals surface area contributed by atoms with E-state index in [2.05, 4.69) is 28.8 Å². The van der Waals surface area contributed by atoms with Crippen molar-refractivity contribution in [1.82, 2.24) is 9.47 Å². The van der Waals surface area contributed by atoms with Crippen LogP contribution in [0, 0.1) is 0 Å². The molecule has 0 unspecified atom stereocenters. The summed E-state index contributed by atoms with van der Waals surface area (Å²) in [6.45, 7) is 2.23. The lowest BCUT2D eigenvalue weighted by Gasteiger charge is -2.28. The summed E-state index contributed by atoms with van der Waals surface area (Å²) in [7, 11) is 1.43. The monoisotopic (exact) mass is 390 g/mol. The first-order valence-corrected chi connectivity index (χ1v) is 10.2. The number of unbranched alkanes of at least 4 members (excludes halogenated alkanes) is 1. The Morgan fingerprint density at radius 2 is 1.76 bits per heavy atom. The predicted molar refractivity (Wildman–Crippen MR) is 113 cm³/mol. The van der Waals surface area contributed by atoms with Crippen molar-refractivity contribution in [1.29, 1.82) is 0 Å². The zero-order valence-corrected chi connectivity index (χ0v) is 16.8. The van der Waals surface area contributed by atoms with E-state index in [4.69, 9.17) is 4.74 Å². The average molecular weight is 390 g/mol. The van der Waals surface area contributed by atoms with Crippen molar-refractivity contribution in [2.75, 3.05) is 13.7 Å². The van der Waals surface area contributed by atoms with E-state index >= 15 is 0 Å². The highest BCUT2D eigenvalue weighted by Crippen LogP contribution is 2.32. The summed E-state index contributed by atoms with van der Waals surface area (Å²) >= 11 is 0. The molecule has 1 aromatic heterocycles. The molecule has 3 aromatic rings. The molecule has 4 rings (SSSR count). The molecule has 29 heavy (non-hydrogen) atoms. The predicted octanol–water partition coefficient (Wildman–Crippen LogP) is 4.18. The summed E-state index contributed by atoms with van der Waals surface area (Å²) < 4.78 is 7.12. The van der Waals surface area contributed by atoms with Crippen LogP contribution in [0.3, 0.4) is 0 Å². The molecule has 0 bridgehead atoms. The fourth-order valence-corrected chi connectivity index (χ4v) is 4.23. The molecule has 0 saturated carbocycles. The van der Waals surface area contributed by atoms with E-state index in [0.29, 0.717) is 13.0 Å². The van der Waals surface area contributed by atoms with Gasteiger partial charge in [0.2, 0.25) is 0 Å². The van der Waals surface area contributed by atoms with Crippen molar-refractivity contribution in [3.8, 4) is 0 Å². The van der Waals surface area contributed by atoms with Gasteiger partial charge in [-0.3, -0.25) is 9.59 Å². The normalized spacial score (nSPS) is 13.3. The van der Waals surface area contributed by atoms with Crippen LogP contribution >= 0.6 is 0 Å². The fraction of sp³-hybridized carbons (Fsp3) is 0.333. The number of aromatic nitrogens is 1. The highest BCUT2D eigenvalue weighted by molar-refractivity contribution is 5.95. The van der Waals surface area contributed by atoms with Crippen molar-refractivity contribution in [3.05, 3.63) is 71.4 Å². The quantitative estimate of drug-likeness (QED) is 0.469. The van der Waals surface area contributed by atoms with Crippen LogP contribution in [-0.4, -0.2) is 35.0 Å². The summed E-state index contributed by atoms with van der Waals surface area (Å²) in [5.41, 5.74) is 4.53. The van der Waals surface area contributed by atoms with Crippen LogP contribution < -0.4 is 0 Å². The highest BCUT2D eigenvalue weighted by Gasteiger charge is 2.26. The van der Waals surface area contributed by atoms with Crippen molar-refractivity contribution >= 4 is 22.8 Å². The number of carbonyl (C=O) groups is 2. The number of rotatable bonds is 6. The SMILES string of the molecule is COC(=O)CCCCn1c2c(c3ccccc31)CN(C(=O)c1ccccc1)CC2. The van der Waals surface area contributed by atoms with Gasteiger partial charge in [-0.25, -0.2) is 0 Å². The molecular weight excluding hydrogens is 364 g/mol. The third-order valence-corrected chi connectivity index (χ3v) is 5.71. The lowest BCUT2D eigenvalue weighted by Crippen LogP contribution is -2.36. The van der Waals surface area contributed by atoms with Gasteiger partial charge in [-0.2, -0.15) is 0 Å². The molecule has 0 fully saturated rings. The van der Waals surface area contributed by atoms with E-state index in [-0.39, 0.29) is 11.9 Å². The molecule has 5 heteroatoms. The Labute approximate surface area is 170 Å². The van der Waals surface area contributed by atoms with Crippen LogP contribution in [0.25, 0.3) is 10.9 Å². The number of nitrogens with zero attached hydrogens (tertiary/aromatic N) is 2. The number of hydrogen-bond donors (Lipinski definition) is 0. The Hall–Kier alpha value is -3.08. The summed E-state index contributed by atoms with van der Waals surface area (Å²) in [6.07, 6.45) is 3.04. The Balaban J connectivity index is 1.56. The third kappa shape index (κ3) is 3.90. The molecule has 2 aromatic carbocycles. The first-order chi connectivity index (χ1) is 14.2. The average Bonchev–Trinajstić information content (AvgIpc) is 3.09. The van der Waals surface area contributed by atoms with Crippen molar-refractivity contribution in [3.63, 3.8) is 0 Å². The number of esters is 1. The Bertz CT molecular complexity index is 1020. The van der Waals surface area contributed by atoms with Gasteiger partial charge >= 0.3 is 5.97 Å². The molecule has 0 N–H and O–H groups in total. The van der Waals surface area contributed by atoms with E-state index in [1.807, 2.05) is 35.2 Å². The number of amides is 1. The van der Waals surface area contributed by atoms with Crippen LogP contribution in [0.5, 0.6) is 0 Å². The number of carbonyl (C=O) groups excluding carboxylic acids is 2. The molecule has 0 spiro atoms. The maximum atomic E-state index is 12.9. The molecular formula is C24H26N2O3. The van der Waals surface area contributed by atoms with Crippen molar-refractivity contribution in [2.45, 2.75) is 38.8 Å². The second-order valence-corrected chi connectivity index (χ2v) is 7.47. The molecule has 0 atom stereocenters. The van der Waals surface area contributed by atoms with Crippen LogP contribution in [-0.2, 0) is 29.0 Å². The van der Waals surface area contributed by atoms with Crippen LogP contribution in [0.15, 0.2) is 54.6 Å². The summed E-state index contributed by atoms with van der Waals surface area (Å²) in [5.74, 6) is -0.0642. The van der Waals surface area contributed by atoms with Crippen molar-refractivity contribution < 1.29 is 14.3 Å². The van der Waals surface area contributed by atoms with Crippen molar-refractivity contribution in [2.24, 2.45) is 0 Å². The lowest BCUT2D eigenvalue weighted by atomic mass is 10.0. The van der Waals surface area contributed by atoms with E-state index < -0.39 is 0 Å². The number of ether oxygens (including phenoxy) is 1. The van der Waals surface area contributed by atoms with Gasteiger partial charge in [0.25, 0.3) is 5.91 Å². The summed E-state index contributed by atoms with van der Waals surface area (Å²) in [4.78, 5) is 26.2. The maximum Gasteiger partial charge on any atom is 0.305 e. The number of benzene rings is 2. The molecule has 1 aliphatic heterocycles. The number of para-hydroxylation sites is 1. The lowest BCUT2D eigenvalue weighted by molar-refractivity contribution is -0.140. The Kier molecular flexibility index (Phi) is 5.65. The summed E-state index contributed by atoms with van der Waals surface area (Å²) in [5, 5.41) is 1.22. The van der Waals surface area contributed by atoms with Gasteiger partial charge in [0.05, 0.1) is 7.11 Å². The molecule has 5 nitrogen and oxygen atoms in total. The zero-order valence-electron chi connectivity index (χ0n) is 16.8. The minimum Gasteiger partial charge on any atom is -0.469 e. The highest BCUT2D eigenvalue weighted by atomic mass is 16.5. The molecule has 0 aliphatic carbocycles. The fourth-order valence-electron chi connectivity index (χ4n) is 4.23. The second kappa shape index (κ2) is 8.52. The zero-order chi connectivity index (χ0) is 20.2. The molecule has 150 valence electrons. The Morgan fingerprint density at radius 3 is 2.55 bits per heavy atom. The van der Waals surface area contributed by atoms with Gasteiger partial charge in [-0.05, 0) is 31.0 Å². The van der Waals surface area contributed by atoms with Crippen LogP contribution in [0.4, 0.5) is 0 Å². The van der Waals surface area contributed by atoms with Gasteiger partial charge < -0.3 is 14.2 Å². The molecule has 1 amide bonds. The van der Waals surface area contributed by atoms with E-state index in [1.54, 1.807) is 0 Å². The second-order valence-electron chi connectivity index (χ2n) is 7.47. The number of aryl methyl sites for hydroxylation is 1. The van der Waals surface area contributed by atoms with Crippen LogP contribution in [0.2, 0.25) is 0 Å². The van der Waals surface area contributed by atoms with Gasteiger partial charge in [0.1, 0.15) is 0 Å². The number of methoxy groups -OCH3 is 1. The van der Waals surface area contributed by atoms with Gasteiger partial charge in [-0.15, -0.1) is 0 Å². The third-order valence-electron chi connectivity index (χ3n) is 5.71. The van der Waals surface area contributed by atoms with Gasteiger partial charge in [-0.1, -0.05) is 36.4 Å². The topological polar surface area (TPSA) is 51.5 Å². The Morgan fingerprint density at radius 1 is 1.00 bits per heavy atom. The van der Waals surface area contributed by atoms with E-state index in [0.717, 1.165) is 37.9 Å². The van der Waals surface area contributed by atoms with Crippen LogP contribution in [0.1, 0.15) is 40.9 Å². The van der Waals surface area contributed by atoms with E-state index in [1.165, 1.54) is 29.3 Å². The minimum atomic E-state index is -0.153. The first-order valence-electron chi connectivity index (χ1n) is 10.2.